The Hall–Kier alpha value is -0.550. The maximum Gasteiger partial charge on any atom is 0.192 e. The van der Waals surface area contributed by atoms with Crippen molar-refractivity contribution in [3.8, 4) is 0 Å². The SMILES string of the molecule is O=c1c2c([nH]c3c(Cl)cc(I)cc13)CCCCC2. The Morgan fingerprint density at radius 1 is 1.17 bits per heavy atom. The molecule has 0 spiro atoms. The van der Waals surface area contributed by atoms with E-state index in [1.807, 2.05) is 12.1 Å². The predicted octanol–water partition coefficient (Wildman–Crippen LogP) is 4.06. The summed E-state index contributed by atoms with van der Waals surface area (Å²) in [5.74, 6) is 0. The van der Waals surface area contributed by atoms with Crippen LogP contribution in [-0.4, -0.2) is 4.98 Å². The third-order valence-electron chi connectivity index (χ3n) is 3.57. The van der Waals surface area contributed by atoms with Gasteiger partial charge in [-0.3, -0.25) is 4.79 Å². The summed E-state index contributed by atoms with van der Waals surface area (Å²) in [6.45, 7) is 0. The molecule has 0 radical (unpaired) electrons. The monoisotopic (exact) mass is 373 g/mol. The smallest absolute Gasteiger partial charge is 0.192 e. The van der Waals surface area contributed by atoms with E-state index in [1.54, 1.807) is 0 Å². The molecule has 94 valence electrons. The van der Waals surface area contributed by atoms with Crippen molar-refractivity contribution >= 4 is 45.1 Å². The third kappa shape index (κ3) is 2.07. The third-order valence-corrected chi connectivity index (χ3v) is 4.49. The first-order valence-electron chi connectivity index (χ1n) is 6.19. The minimum atomic E-state index is 0.168. The molecule has 1 aromatic heterocycles. The van der Waals surface area contributed by atoms with Gasteiger partial charge in [0.1, 0.15) is 0 Å². The number of pyridine rings is 1. The largest absolute Gasteiger partial charge is 0.357 e. The summed E-state index contributed by atoms with van der Waals surface area (Å²) < 4.78 is 1.00. The molecule has 0 amide bonds. The summed E-state index contributed by atoms with van der Waals surface area (Å²) >= 11 is 8.44. The Morgan fingerprint density at radius 2 is 1.94 bits per heavy atom. The lowest BCUT2D eigenvalue weighted by Gasteiger charge is -2.09. The standard InChI is InChI=1S/C14H13ClINO/c15-11-7-8(16)6-10-13(11)17-12-5-3-1-2-4-9(12)14(10)18/h6-7H,1-5H2,(H,17,18). The lowest BCUT2D eigenvalue weighted by Crippen LogP contribution is -2.14. The first-order valence-corrected chi connectivity index (χ1v) is 7.65. The van der Waals surface area contributed by atoms with Crippen molar-refractivity contribution in [1.29, 1.82) is 0 Å². The summed E-state index contributed by atoms with van der Waals surface area (Å²) in [5, 5.41) is 1.37. The fraction of sp³-hybridized carbons (Fsp3) is 0.357. The van der Waals surface area contributed by atoms with E-state index in [0.29, 0.717) is 5.02 Å². The van der Waals surface area contributed by atoms with Crippen molar-refractivity contribution in [3.63, 3.8) is 0 Å². The summed E-state index contributed by atoms with van der Waals surface area (Å²) in [5.41, 5.74) is 3.02. The molecule has 18 heavy (non-hydrogen) atoms. The second-order valence-corrected chi connectivity index (χ2v) is 6.43. The van der Waals surface area contributed by atoms with E-state index in [2.05, 4.69) is 27.6 Å². The molecule has 1 N–H and O–H groups in total. The van der Waals surface area contributed by atoms with Gasteiger partial charge < -0.3 is 4.98 Å². The number of aryl methyl sites for hydroxylation is 1. The molecule has 4 heteroatoms. The number of nitrogens with one attached hydrogen (secondary N) is 1. The number of benzene rings is 1. The molecule has 0 bridgehead atoms. The molecule has 0 saturated heterocycles. The first-order chi connectivity index (χ1) is 8.66. The number of H-pyrrole nitrogens is 1. The number of aromatic nitrogens is 1. The fourth-order valence-electron chi connectivity index (χ4n) is 2.66. The molecule has 2 aromatic rings. The van der Waals surface area contributed by atoms with Crippen molar-refractivity contribution in [2.45, 2.75) is 32.1 Å². The van der Waals surface area contributed by atoms with Gasteiger partial charge in [-0.2, -0.15) is 0 Å². The highest BCUT2D eigenvalue weighted by Crippen LogP contribution is 2.26. The number of hydrogen-bond donors (Lipinski definition) is 1. The van der Waals surface area contributed by atoms with Gasteiger partial charge in [0, 0.05) is 20.2 Å². The molecule has 0 atom stereocenters. The Labute approximate surface area is 124 Å². The maximum atomic E-state index is 12.5. The Balaban J connectivity index is 2.38. The van der Waals surface area contributed by atoms with E-state index in [-0.39, 0.29) is 5.43 Å². The molecule has 2 nitrogen and oxygen atoms in total. The van der Waals surface area contributed by atoms with Gasteiger partial charge in [0.25, 0.3) is 0 Å². The van der Waals surface area contributed by atoms with Crippen LogP contribution in [0, 0.1) is 3.57 Å². The van der Waals surface area contributed by atoms with E-state index < -0.39 is 0 Å². The van der Waals surface area contributed by atoms with Gasteiger partial charge in [-0.1, -0.05) is 18.0 Å². The molecule has 1 heterocycles. The maximum absolute atomic E-state index is 12.5. The summed E-state index contributed by atoms with van der Waals surface area (Å²) in [7, 11) is 0. The Morgan fingerprint density at radius 3 is 2.78 bits per heavy atom. The van der Waals surface area contributed by atoms with Gasteiger partial charge >= 0.3 is 0 Å². The minimum absolute atomic E-state index is 0.168. The number of fused-ring (bicyclic) bond motifs is 2. The van der Waals surface area contributed by atoms with Crippen LogP contribution < -0.4 is 5.43 Å². The van der Waals surface area contributed by atoms with E-state index >= 15 is 0 Å². The minimum Gasteiger partial charge on any atom is -0.357 e. The lowest BCUT2D eigenvalue weighted by atomic mass is 10.0. The van der Waals surface area contributed by atoms with E-state index in [1.165, 1.54) is 6.42 Å². The van der Waals surface area contributed by atoms with Gasteiger partial charge in [0.15, 0.2) is 5.43 Å². The highest BCUT2D eigenvalue weighted by Gasteiger charge is 2.16. The molecule has 0 saturated carbocycles. The zero-order valence-electron chi connectivity index (χ0n) is 9.85. The van der Waals surface area contributed by atoms with Crippen LogP contribution in [0.4, 0.5) is 0 Å². The van der Waals surface area contributed by atoms with Crippen molar-refractivity contribution in [3.05, 3.63) is 42.2 Å². The van der Waals surface area contributed by atoms with Crippen molar-refractivity contribution < 1.29 is 0 Å². The molecule has 1 aliphatic rings. The van der Waals surface area contributed by atoms with Crippen LogP contribution in [0.15, 0.2) is 16.9 Å². The fourth-order valence-corrected chi connectivity index (χ4v) is 3.74. The number of hydrogen-bond acceptors (Lipinski definition) is 1. The highest BCUT2D eigenvalue weighted by atomic mass is 127. The average molecular weight is 374 g/mol. The van der Waals surface area contributed by atoms with Gasteiger partial charge in [-0.05, 0) is 60.4 Å². The van der Waals surface area contributed by atoms with Crippen molar-refractivity contribution in [1.82, 2.24) is 4.98 Å². The first kappa shape index (κ1) is 12.5. The normalized spacial score (nSPS) is 15.4. The summed E-state index contributed by atoms with van der Waals surface area (Å²) in [6, 6.07) is 3.81. The average Bonchev–Trinajstić information content (AvgIpc) is 2.56. The van der Waals surface area contributed by atoms with Crippen molar-refractivity contribution in [2.75, 3.05) is 0 Å². The molecule has 1 aliphatic carbocycles. The van der Waals surface area contributed by atoms with E-state index in [0.717, 1.165) is 51.4 Å². The number of rotatable bonds is 0. The second kappa shape index (κ2) is 4.85. The molecule has 3 rings (SSSR count). The van der Waals surface area contributed by atoms with Crippen molar-refractivity contribution in [2.24, 2.45) is 0 Å². The van der Waals surface area contributed by atoms with E-state index in [9.17, 15) is 4.79 Å². The molecule has 0 aliphatic heterocycles. The Kier molecular flexibility index (Phi) is 3.36. The zero-order valence-corrected chi connectivity index (χ0v) is 12.8. The van der Waals surface area contributed by atoms with Crippen LogP contribution >= 0.6 is 34.2 Å². The van der Waals surface area contributed by atoms with Crippen LogP contribution in [0.3, 0.4) is 0 Å². The van der Waals surface area contributed by atoms with Crippen LogP contribution in [0.25, 0.3) is 10.9 Å². The predicted molar refractivity (Wildman–Crippen MR) is 83.6 cm³/mol. The molecule has 1 aromatic carbocycles. The highest BCUT2D eigenvalue weighted by molar-refractivity contribution is 14.1. The lowest BCUT2D eigenvalue weighted by molar-refractivity contribution is 0.708. The molecular weight excluding hydrogens is 361 g/mol. The van der Waals surface area contributed by atoms with Crippen LogP contribution in [0.5, 0.6) is 0 Å². The van der Waals surface area contributed by atoms with E-state index in [4.69, 9.17) is 11.6 Å². The molecule has 0 unspecified atom stereocenters. The quantitative estimate of drug-likeness (QED) is 0.548. The van der Waals surface area contributed by atoms with Crippen LogP contribution in [0.2, 0.25) is 5.02 Å². The van der Waals surface area contributed by atoms with Gasteiger partial charge in [0.2, 0.25) is 0 Å². The second-order valence-electron chi connectivity index (χ2n) is 4.78. The van der Waals surface area contributed by atoms with Gasteiger partial charge in [-0.15, -0.1) is 0 Å². The molecular formula is C14H13ClINO. The topological polar surface area (TPSA) is 32.9 Å². The number of halogens is 2. The summed E-state index contributed by atoms with van der Waals surface area (Å²) in [4.78, 5) is 15.9. The Bertz CT molecular complexity index is 678. The number of aromatic amines is 1. The van der Waals surface area contributed by atoms with Crippen LogP contribution in [-0.2, 0) is 12.8 Å². The van der Waals surface area contributed by atoms with Gasteiger partial charge in [-0.25, -0.2) is 0 Å². The summed E-state index contributed by atoms with van der Waals surface area (Å²) in [6.07, 6.45) is 5.31. The van der Waals surface area contributed by atoms with Crippen LogP contribution in [0.1, 0.15) is 30.5 Å². The van der Waals surface area contributed by atoms with Gasteiger partial charge in [0.05, 0.1) is 10.5 Å². The molecule has 0 fully saturated rings. The zero-order chi connectivity index (χ0) is 12.7.